The second kappa shape index (κ2) is 8.24. The van der Waals surface area contributed by atoms with E-state index in [1.54, 1.807) is 18.2 Å². The van der Waals surface area contributed by atoms with Crippen LogP contribution in [0.4, 0.5) is 4.39 Å². The highest BCUT2D eigenvalue weighted by molar-refractivity contribution is 6.35. The Hall–Kier alpha value is -2.22. The van der Waals surface area contributed by atoms with Crippen molar-refractivity contribution in [3.63, 3.8) is 0 Å². The topological polar surface area (TPSA) is 92.0 Å². The van der Waals surface area contributed by atoms with Crippen molar-refractivity contribution >= 4 is 35.4 Å². The van der Waals surface area contributed by atoms with Crippen molar-refractivity contribution in [1.82, 2.24) is 4.98 Å². The highest BCUT2D eigenvalue weighted by Crippen LogP contribution is 2.25. The van der Waals surface area contributed by atoms with E-state index in [0.29, 0.717) is 16.9 Å². The minimum absolute atomic E-state index is 0.0793. The number of rotatable bonds is 6. The smallest absolute Gasteiger partial charge is 0.339 e. The van der Waals surface area contributed by atoms with Gasteiger partial charge in [0.25, 0.3) is 0 Å². The molecule has 1 aromatic heterocycles. The Labute approximate surface area is 152 Å². The average Bonchev–Trinajstić information content (AvgIpc) is 2.58. The van der Waals surface area contributed by atoms with E-state index in [0.717, 1.165) is 6.21 Å². The molecular formula is C16H13Cl2FN2O4. The van der Waals surface area contributed by atoms with Crippen molar-refractivity contribution in [2.45, 2.75) is 13.2 Å². The van der Waals surface area contributed by atoms with E-state index in [-0.39, 0.29) is 18.7 Å². The Morgan fingerprint density at radius 1 is 1.36 bits per heavy atom. The lowest BCUT2D eigenvalue weighted by molar-refractivity contribution is 0.0696. The van der Waals surface area contributed by atoms with Crippen molar-refractivity contribution < 1.29 is 24.1 Å². The molecule has 0 aliphatic rings. The van der Waals surface area contributed by atoms with Gasteiger partial charge in [0.1, 0.15) is 16.5 Å². The summed E-state index contributed by atoms with van der Waals surface area (Å²) in [5.74, 6) is -1.90. The lowest BCUT2D eigenvalue weighted by Gasteiger charge is -2.08. The van der Waals surface area contributed by atoms with Gasteiger partial charge in [-0.2, -0.15) is 0 Å². The lowest BCUT2D eigenvalue weighted by atomic mass is 10.1. The van der Waals surface area contributed by atoms with Crippen LogP contribution in [-0.4, -0.2) is 34.5 Å². The molecule has 2 N–H and O–H groups in total. The summed E-state index contributed by atoms with van der Waals surface area (Å²) >= 11 is 11.3. The summed E-state index contributed by atoms with van der Waals surface area (Å²) in [4.78, 5) is 18.7. The van der Waals surface area contributed by atoms with E-state index < -0.39 is 27.7 Å². The van der Waals surface area contributed by atoms with Gasteiger partial charge in [0.2, 0.25) is 0 Å². The molecule has 1 aromatic carbocycles. The van der Waals surface area contributed by atoms with Crippen LogP contribution in [0.25, 0.3) is 0 Å². The van der Waals surface area contributed by atoms with Crippen LogP contribution >= 0.6 is 23.2 Å². The second-order valence-corrected chi connectivity index (χ2v) is 5.58. The number of aliphatic hydroxyl groups excluding tert-OH is 1. The number of carboxylic acids is 1. The Balaban J connectivity index is 2.36. The third-order valence-electron chi connectivity index (χ3n) is 3.37. The van der Waals surface area contributed by atoms with Crippen molar-refractivity contribution in [3.8, 4) is 5.75 Å². The number of halogens is 3. The Morgan fingerprint density at radius 3 is 2.68 bits per heavy atom. The van der Waals surface area contributed by atoms with Crippen LogP contribution in [0.2, 0.25) is 10.3 Å². The van der Waals surface area contributed by atoms with Gasteiger partial charge < -0.3 is 14.9 Å². The second-order valence-electron chi connectivity index (χ2n) is 4.86. The zero-order valence-electron chi connectivity index (χ0n) is 13.0. The molecule has 0 saturated carbocycles. The van der Waals surface area contributed by atoms with Gasteiger partial charge in [-0.25, -0.2) is 14.2 Å². The summed E-state index contributed by atoms with van der Waals surface area (Å²) in [5, 5.41) is 17.6. The fourth-order valence-corrected chi connectivity index (χ4v) is 2.61. The van der Waals surface area contributed by atoms with Gasteiger partial charge in [0, 0.05) is 11.8 Å². The van der Waals surface area contributed by atoms with Gasteiger partial charge in [0.15, 0.2) is 11.0 Å². The van der Waals surface area contributed by atoms with Gasteiger partial charge in [-0.1, -0.05) is 29.3 Å². The standard InChI is InChI=1S/C16H13Cl2FN2O4/c1-25-10-3-2-8(9(4-10)7-22)5-20-6-11-12(16(23)24)14(17)21-15(18)13(11)19/h2-4,6,22H,5,7H2,1H3,(H,23,24). The molecule has 0 atom stereocenters. The zero-order chi connectivity index (χ0) is 18.6. The monoisotopic (exact) mass is 386 g/mol. The molecule has 9 heteroatoms. The Bertz CT molecular complexity index is 843. The number of aromatic nitrogens is 1. The van der Waals surface area contributed by atoms with E-state index in [1.807, 2.05) is 0 Å². The average molecular weight is 387 g/mol. The maximum Gasteiger partial charge on any atom is 0.339 e. The minimum atomic E-state index is -1.45. The molecule has 6 nitrogen and oxygen atoms in total. The molecule has 0 saturated heterocycles. The van der Waals surface area contributed by atoms with Gasteiger partial charge >= 0.3 is 5.97 Å². The van der Waals surface area contributed by atoms with Crippen LogP contribution in [-0.2, 0) is 13.2 Å². The van der Waals surface area contributed by atoms with Crippen LogP contribution in [0.5, 0.6) is 5.75 Å². The fraction of sp³-hybridized carbons (Fsp3) is 0.188. The molecule has 2 rings (SSSR count). The molecule has 2 aromatic rings. The first kappa shape index (κ1) is 19.1. The zero-order valence-corrected chi connectivity index (χ0v) is 14.5. The number of pyridine rings is 1. The Kier molecular flexibility index (Phi) is 6.30. The number of methoxy groups -OCH3 is 1. The van der Waals surface area contributed by atoms with E-state index in [4.69, 9.17) is 27.9 Å². The quantitative estimate of drug-likeness (QED) is 0.586. The molecule has 25 heavy (non-hydrogen) atoms. The molecule has 0 amide bonds. The van der Waals surface area contributed by atoms with Gasteiger partial charge in [-0.05, 0) is 23.3 Å². The molecule has 132 valence electrons. The molecule has 1 heterocycles. The van der Waals surface area contributed by atoms with Crippen LogP contribution in [0.1, 0.15) is 27.0 Å². The third-order valence-corrected chi connectivity index (χ3v) is 3.89. The summed E-state index contributed by atoms with van der Waals surface area (Å²) < 4.78 is 19.2. The predicted molar refractivity (Wildman–Crippen MR) is 91.4 cm³/mol. The Morgan fingerprint density at radius 2 is 2.08 bits per heavy atom. The van der Waals surface area contributed by atoms with E-state index in [1.165, 1.54) is 7.11 Å². The number of aromatic carboxylic acids is 1. The van der Waals surface area contributed by atoms with Crippen molar-refractivity contribution in [2.24, 2.45) is 4.99 Å². The first-order chi connectivity index (χ1) is 11.9. The summed E-state index contributed by atoms with van der Waals surface area (Å²) in [5.41, 5.74) is 0.366. The molecule has 0 spiro atoms. The summed E-state index contributed by atoms with van der Waals surface area (Å²) in [6.07, 6.45) is 1.03. The normalized spacial score (nSPS) is 11.1. The van der Waals surface area contributed by atoms with Crippen LogP contribution in [0, 0.1) is 5.82 Å². The first-order valence-corrected chi connectivity index (χ1v) is 7.68. The van der Waals surface area contributed by atoms with E-state index >= 15 is 0 Å². The number of carboxylic acid groups (broad SMARTS) is 1. The number of nitrogens with zero attached hydrogens (tertiary/aromatic N) is 2. The number of aliphatic hydroxyl groups is 1. The minimum Gasteiger partial charge on any atom is -0.497 e. The van der Waals surface area contributed by atoms with E-state index in [9.17, 15) is 19.4 Å². The number of carbonyl (C=O) groups is 1. The maximum atomic E-state index is 14.1. The molecule has 0 bridgehead atoms. The third kappa shape index (κ3) is 4.25. The van der Waals surface area contributed by atoms with Crippen molar-refractivity contribution in [1.29, 1.82) is 0 Å². The molecule has 0 fully saturated rings. The summed E-state index contributed by atoms with van der Waals surface area (Å²) in [6, 6.07) is 5.03. The fourth-order valence-electron chi connectivity index (χ4n) is 2.11. The molecule has 0 aliphatic heterocycles. The van der Waals surface area contributed by atoms with Crippen LogP contribution in [0.3, 0.4) is 0 Å². The molecule has 0 radical (unpaired) electrons. The number of aliphatic imine (C=N–C) groups is 1. The van der Waals surface area contributed by atoms with Gasteiger partial charge in [-0.3, -0.25) is 4.99 Å². The van der Waals surface area contributed by atoms with E-state index in [2.05, 4.69) is 9.98 Å². The van der Waals surface area contributed by atoms with Crippen molar-refractivity contribution in [2.75, 3.05) is 7.11 Å². The number of benzene rings is 1. The van der Waals surface area contributed by atoms with Crippen LogP contribution in [0.15, 0.2) is 23.2 Å². The number of hydrogen-bond acceptors (Lipinski definition) is 5. The maximum absolute atomic E-state index is 14.1. The highest BCUT2D eigenvalue weighted by atomic mass is 35.5. The highest BCUT2D eigenvalue weighted by Gasteiger charge is 2.22. The van der Waals surface area contributed by atoms with Gasteiger partial charge in [0.05, 0.1) is 20.3 Å². The van der Waals surface area contributed by atoms with Crippen molar-refractivity contribution in [3.05, 3.63) is 56.6 Å². The van der Waals surface area contributed by atoms with Gasteiger partial charge in [-0.15, -0.1) is 0 Å². The molecular weight excluding hydrogens is 374 g/mol. The number of hydrogen-bond donors (Lipinski definition) is 2. The SMILES string of the molecule is COc1ccc(CN=Cc2c(F)c(Cl)nc(Cl)c2C(=O)O)c(CO)c1. The first-order valence-electron chi connectivity index (χ1n) is 6.93. The summed E-state index contributed by atoms with van der Waals surface area (Å²) in [7, 11) is 1.50. The van der Waals surface area contributed by atoms with Crippen LogP contribution < -0.4 is 4.74 Å². The molecule has 0 aliphatic carbocycles. The number of ether oxygens (including phenoxy) is 1. The largest absolute Gasteiger partial charge is 0.497 e. The predicted octanol–water partition coefficient (Wildman–Crippen LogP) is 3.35. The lowest BCUT2D eigenvalue weighted by Crippen LogP contribution is -2.08. The molecule has 0 unspecified atom stereocenters. The summed E-state index contributed by atoms with van der Waals surface area (Å²) in [6.45, 7) is -0.153.